The first-order valence-corrected chi connectivity index (χ1v) is 6.78. The molecule has 1 aliphatic heterocycles. The molecule has 98 valence electrons. The summed E-state index contributed by atoms with van der Waals surface area (Å²) in [4.78, 5) is 13.9. The highest BCUT2D eigenvalue weighted by atomic mass is 35.5. The molecule has 1 N–H and O–H groups in total. The largest absolute Gasteiger partial charge is 0.340 e. The van der Waals surface area contributed by atoms with Gasteiger partial charge in [-0.05, 0) is 30.5 Å². The van der Waals surface area contributed by atoms with Gasteiger partial charge in [0.25, 0.3) is 0 Å². The lowest BCUT2D eigenvalue weighted by Gasteiger charge is -2.27. The summed E-state index contributed by atoms with van der Waals surface area (Å²) >= 11 is 6.07. The molecule has 1 aromatic rings. The number of rotatable bonds is 3. The molecule has 1 saturated heterocycles. The molecular weight excluding hydrogens is 248 g/mol. The number of nitrogens with zero attached hydrogens (tertiary/aromatic N) is 1. The SMILES string of the molecule is Cc1ccc(CCC(=O)N2CCNCC2)cc1Cl. The summed E-state index contributed by atoms with van der Waals surface area (Å²) in [6.07, 6.45) is 1.34. The van der Waals surface area contributed by atoms with Crippen LogP contribution in [-0.4, -0.2) is 37.0 Å². The molecule has 1 aromatic carbocycles. The molecule has 0 bridgehead atoms. The molecule has 0 aliphatic carbocycles. The molecule has 0 radical (unpaired) electrons. The van der Waals surface area contributed by atoms with E-state index in [9.17, 15) is 4.79 Å². The molecular formula is C14H19ClN2O. The van der Waals surface area contributed by atoms with E-state index >= 15 is 0 Å². The Balaban J connectivity index is 1.86. The highest BCUT2D eigenvalue weighted by Crippen LogP contribution is 2.17. The minimum atomic E-state index is 0.244. The van der Waals surface area contributed by atoms with Crippen LogP contribution in [0.4, 0.5) is 0 Å². The number of aryl methyl sites for hydroxylation is 2. The van der Waals surface area contributed by atoms with Crippen molar-refractivity contribution >= 4 is 17.5 Å². The number of benzene rings is 1. The third-order valence-electron chi connectivity index (χ3n) is 3.33. The van der Waals surface area contributed by atoms with E-state index < -0.39 is 0 Å². The predicted molar refractivity (Wildman–Crippen MR) is 74.0 cm³/mol. The van der Waals surface area contributed by atoms with Crippen LogP contribution in [0.15, 0.2) is 18.2 Å². The van der Waals surface area contributed by atoms with E-state index in [2.05, 4.69) is 5.32 Å². The first kappa shape index (κ1) is 13.4. The van der Waals surface area contributed by atoms with Crippen LogP contribution in [-0.2, 0) is 11.2 Å². The second-order valence-corrected chi connectivity index (χ2v) is 5.12. The number of amides is 1. The van der Waals surface area contributed by atoms with Gasteiger partial charge in [0.15, 0.2) is 0 Å². The van der Waals surface area contributed by atoms with Crippen molar-refractivity contribution in [3.63, 3.8) is 0 Å². The van der Waals surface area contributed by atoms with Gasteiger partial charge in [0.2, 0.25) is 5.91 Å². The van der Waals surface area contributed by atoms with Crippen molar-refractivity contribution in [1.82, 2.24) is 10.2 Å². The fraction of sp³-hybridized carbons (Fsp3) is 0.500. The Kier molecular flexibility index (Phi) is 4.61. The maximum Gasteiger partial charge on any atom is 0.222 e. The highest BCUT2D eigenvalue weighted by molar-refractivity contribution is 6.31. The van der Waals surface area contributed by atoms with E-state index in [0.29, 0.717) is 6.42 Å². The minimum absolute atomic E-state index is 0.244. The van der Waals surface area contributed by atoms with Gasteiger partial charge in [0, 0.05) is 37.6 Å². The third kappa shape index (κ3) is 3.47. The molecule has 0 atom stereocenters. The van der Waals surface area contributed by atoms with Crippen LogP contribution in [0.2, 0.25) is 5.02 Å². The van der Waals surface area contributed by atoms with E-state index in [4.69, 9.17) is 11.6 Å². The Morgan fingerprint density at radius 1 is 1.39 bits per heavy atom. The van der Waals surface area contributed by atoms with Gasteiger partial charge >= 0.3 is 0 Å². The maximum absolute atomic E-state index is 12.0. The van der Waals surface area contributed by atoms with Crippen molar-refractivity contribution in [1.29, 1.82) is 0 Å². The van der Waals surface area contributed by atoms with Gasteiger partial charge in [-0.1, -0.05) is 23.7 Å². The molecule has 1 heterocycles. The van der Waals surface area contributed by atoms with Gasteiger partial charge in [0.1, 0.15) is 0 Å². The van der Waals surface area contributed by atoms with Crippen molar-refractivity contribution in [2.75, 3.05) is 26.2 Å². The first-order valence-electron chi connectivity index (χ1n) is 6.40. The summed E-state index contributed by atoms with van der Waals surface area (Å²) < 4.78 is 0. The minimum Gasteiger partial charge on any atom is -0.340 e. The quantitative estimate of drug-likeness (QED) is 0.908. The molecule has 3 nitrogen and oxygen atoms in total. The summed E-state index contributed by atoms with van der Waals surface area (Å²) in [5.74, 6) is 0.244. The Bertz CT molecular complexity index is 428. The summed E-state index contributed by atoms with van der Waals surface area (Å²) in [5.41, 5.74) is 2.21. The van der Waals surface area contributed by atoms with E-state index in [1.165, 1.54) is 0 Å². The summed E-state index contributed by atoms with van der Waals surface area (Å²) in [6, 6.07) is 6.02. The molecule has 2 rings (SSSR count). The standard InChI is InChI=1S/C14H19ClN2O/c1-11-2-3-12(10-13(11)15)4-5-14(18)17-8-6-16-7-9-17/h2-3,10,16H,4-9H2,1H3. The summed E-state index contributed by atoms with van der Waals surface area (Å²) in [5, 5.41) is 4.03. The van der Waals surface area contributed by atoms with Crippen LogP contribution >= 0.6 is 11.6 Å². The van der Waals surface area contributed by atoms with Crippen molar-refractivity contribution < 1.29 is 4.79 Å². The fourth-order valence-corrected chi connectivity index (χ4v) is 2.32. The zero-order valence-corrected chi connectivity index (χ0v) is 11.5. The van der Waals surface area contributed by atoms with Gasteiger partial charge in [-0.3, -0.25) is 4.79 Å². The zero-order chi connectivity index (χ0) is 13.0. The average Bonchev–Trinajstić information content (AvgIpc) is 2.41. The van der Waals surface area contributed by atoms with Crippen LogP contribution in [0.25, 0.3) is 0 Å². The van der Waals surface area contributed by atoms with Crippen LogP contribution in [0, 0.1) is 6.92 Å². The zero-order valence-electron chi connectivity index (χ0n) is 10.7. The Morgan fingerprint density at radius 2 is 2.11 bits per heavy atom. The van der Waals surface area contributed by atoms with Crippen LogP contribution < -0.4 is 5.32 Å². The molecule has 1 amide bonds. The lowest BCUT2D eigenvalue weighted by atomic mass is 10.1. The van der Waals surface area contributed by atoms with Crippen molar-refractivity contribution in [3.8, 4) is 0 Å². The Hall–Kier alpha value is -1.06. The number of piperazine rings is 1. The average molecular weight is 267 g/mol. The monoisotopic (exact) mass is 266 g/mol. The van der Waals surface area contributed by atoms with Crippen LogP contribution in [0.1, 0.15) is 17.5 Å². The molecule has 0 aromatic heterocycles. The number of hydrogen-bond acceptors (Lipinski definition) is 2. The number of nitrogens with one attached hydrogen (secondary N) is 1. The lowest BCUT2D eigenvalue weighted by Crippen LogP contribution is -2.46. The third-order valence-corrected chi connectivity index (χ3v) is 3.74. The molecule has 18 heavy (non-hydrogen) atoms. The van der Waals surface area contributed by atoms with E-state index in [0.717, 1.165) is 48.7 Å². The summed E-state index contributed by atoms with van der Waals surface area (Å²) in [6.45, 7) is 5.45. The van der Waals surface area contributed by atoms with Gasteiger partial charge < -0.3 is 10.2 Å². The van der Waals surface area contributed by atoms with Crippen molar-refractivity contribution in [2.45, 2.75) is 19.8 Å². The molecule has 0 spiro atoms. The number of hydrogen-bond donors (Lipinski definition) is 1. The number of carbonyl (C=O) groups excluding carboxylic acids is 1. The molecule has 4 heteroatoms. The predicted octanol–water partition coefficient (Wildman–Crippen LogP) is 2.01. The van der Waals surface area contributed by atoms with Gasteiger partial charge in [-0.25, -0.2) is 0 Å². The molecule has 1 fully saturated rings. The van der Waals surface area contributed by atoms with Gasteiger partial charge in [-0.2, -0.15) is 0 Å². The topological polar surface area (TPSA) is 32.3 Å². The normalized spacial score (nSPS) is 15.8. The Morgan fingerprint density at radius 3 is 2.78 bits per heavy atom. The maximum atomic E-state index is 12.0. The number of carbonyl (C=O) groups is 1. The lowest BCUT2D eigenvalue weighted by molar-refractivity contribution is -0.131. The molecule has 1 aliphatic rings. The van der Waals surface area contributed by atoms with E-state index in [1.54, 1.807) is 0 Å². The Labute approximate surface area is 113 Å². The van der Waals surface area contributed by atoms with Gasteiger partial charge in [-0.15, -0.1) is 0 Å². The smallest absolute Gasteiger partial charge is 0.222 e. The van der Waals surface area contributed by atoms with Crippen LogP contribution in [0.3, 0.4) is 0 Å². The first-order chi connectivity index (χ1) is 8.66. The molecule has 0 unspecified atom stereocenters. The highest BCUT2D eigenvalue weighted by Gasteiger charge is 2.15. The van der Waals surface area contributed by atoms with Crippen molar-refractivity contribution in [2.24, 2.45) is 0 Å². The van der Waals surface area contributed by atoms with Crippen LogP contribution in [0.5, 0.6) is 0 Å². The second-order valence-electron chi connectivity index (χ2n) is 4.71. The summed E-state index contributed by atoms with van der Waals surface area (Å²) in [7, 11) is 0. The molecule has 0 saturated carbocycles. The number of halogens is 1. The van der Waals surface area contributed by atoms with Gasteiger partial charge in [0.05, 0.1) is 0 Å². The van der Waals surface area contributed by atoms with Crippen molar-refractivity contribution in [3.05, 3.63) is 34.3 Å². The van der Waals surface area contributed by atoms with E-state index in [1.807, 2.05) is 30.0 Å². The fourth-order valence-electron chi connectivity index (χ4n) is 2.12. The second kappa shape index (κ2) is 6.21. The van der Waals surface area contributed by atoms with E-state index in [-0.39, 0.29) is 5.91 Å².